The van der Waals surface area contributed by atoms with Gasteiger partial charge >= 0.3 is 6.03 Å². The number of carbonyl (C=O) groups is 2. The number of urea groups is 1. The lowest BCUT2D eigenvalue weighted by Crippen LogP contribution is -2.45. The summed E-state index contributed by atoms with van der Waals surface area (Å²) in [5.74, 6) is -4.70. The van der Waals surface area contributed by atoms with Crippen LogP contribution >= 0.6 is 0 Å². The monoisotopic (exact) mass is 365 g/mol. The number of amides is 3. The van der Waals surface area contributed by atoms with Crippen LogP contribution in [0.15, 0.2) is 36.4 Å². The van der Waals surface area contributed by atoms with Crippen LogP contribution in [0, 0.1) is 17.5 Å². The molecule has 1 fully saturated rings. The van der Waals surface area contributed by atoms with Crippen LogP contribution in [0.2, 0.25) is 0 Å². The highest BCUT2D eigenvalue weighted by Crippen LogP contribution is 2.31. The molecular weight excluding hydrogens is 351 g/mol. The van der Waals surface area contributed by atoms with E-state index in [-0.39, 0.29) is 12.2 Å². The van der Waals surface area contributed by atoms with Crippen LogP contribution < -0.4 is 16.0 Å². The van der Waals surface area contributed by atoms with Crippen molar-refractivity contribution in [2.75, 3.05) is 11.9 Å². The van der Waals surface area contributed by atoms with E-state index in [1.165, 1.54) is 12.1 Å². The molecule has 136 valence electrons. The maximum absolute atomic E-state index is 14.1. The lowest BCUT2D eigenvalue weighted by Gasteiger charge is -2.20. The molecule has 4 N–H and O–H groups in total. The van der Waals surface area contributed by atoms with Crippen molar-refractivity contribution >= 4 is 17.6 Å². The molecule has 2 unspecified atom stereocenters. The van der Waals surface area contributed by atoms with Gasteiger partial charge in [-0.25, -0.2) is 18.0 Å². The molecule has 3 rings (SSSR count). The summed E-state index contributed by atoms with van der Waals surface area (Å²) in [4.78, 5) is 24.1. The van der Waals surface area contributed by atoms with E-state index in [1.54, 1.807) is 0 Å². The number of rotatable bonds is 3. The van der Waals surface area contributed by atoms with Crippen LogP contribution in [0.5, 0.6) is 5.75 Å². The molecule has 3 amide bonds. The molecule has 0 saturated carbocycles. The van der Waals surface area contributed by atoms with Gasteiger partial charge in [0.15, 0.2) is 0 Å². The Bertz CT molecular complexity index is 835. The van der Waals surface area contributed by atoms with Gasteiger partial charge in [0, 0.05) is 35.8 Å². The van der Waals surface area contributed by atoms with Gasteiger partial charge in [-0.3, -0.25) is 4.79 Å². The van der Waals surface area contributed by atoms with Crippen molar-refractivity contribution in [3.63, 3.8) is 0 Å². The van der Waals surface area contributed by atoms with Crippen molar-refractivity contribution in [2.45, 2.75) is 12.0 Å². The average molecular weight is 365 g/mol. The largest absolute Gasteiger partial charge is 0.508 e. The zero-order chi connectivity index (χ0) is 18.8. The van der Waals surface area contributed by atoms with Crippen molar-refractivity contribution in [1.29, 1.82) is 0 Å². The zero-order valence-electron chi connectivity index (χ0n) is 13.2. The van der Waals surface area contributed by atoms with Crippen LogP contribution in [0.4, 0.5) is 23.7 Å². The van der Waals surface area contributed by atoms with Crippen LogP contribution in [-0.2, 0) is 4.79 Å². The molecule has 9 heteroatoms. The van der Waals surface area contributed by atoms with Crippen molar-refractivity contribution in [2.24, 2.45) is 0 Å². The first-order valence-corrected chi connectivity index (χ1v) is 7.64. The highest BCUT2D eigenvalue weighted by molar-refractivity contribution is 5.95. The summed E-state index contributed by atoms with van der Waals surface area (Å²) in [5, 5.41) is 16.4. The highest BCUT2D eigenvalue weighted by atomic mass is 19.1. The molecule has 0 bridgehead atoms. The third-order valence-electron chi connectivity index (χ3n) is 4.00. The Morgan fingerprint density at radius 2 is 1.73 bits per heavy atom. The van der Waals surface area contributed by atoms with Crippen molar-refractivity contribution in [3.05, 3.63) is 59.4 Å². The van der Waals surface area contributed by atoms with E-state index in [9.17, 15) is 27.9 Å². The fraction of sp³-hybridized carbons (Fsp3) is 0.176. The molecule has 6 nitrogen and oxygen atoms in total. The molecule has 0 spiro atoms. The van der Waals surface area contributed by atoms with Crippen molar-refractivity contribution < 1.29 is 27.9 Å². The Morgan fingerprint density at radius 1 is 1.12 bits per heavy atom. The molecule has 1 saturated heterocycles. The second-order valence-electron chi connectivity index (χ2n) is 5.76. The molecule has 26 heavy (non-hydrogen) atoms. The quantitative estimate of drug-likeness (QED) is 0.672. The number of phenolic OH excluding ortho intramolecular Hbond substituents is 1. The number of carbonyl (C=O) groups excluding carboxylic acids is 2. The number of anilines is 1. The minimum Gasteiger partial charge on any atom is -0.508 e. The van der Waals surface area contributed by atoms with Gasteiger partial charge < -0.3 is 21.1 Å². The number of hydrogen-bond donors (Lipinski definition) is 4. The van der Waals surface area contributed by atoms with Gasteiger partial charge in [-0.2, -0.15) is 0 Å². The molecule has 1 aliphatic rings. The van der Waals surface area contributed by atoms with Gasteiger partial charge in [0.25, 0.3) is 0 Å². The van der Waals surface area contributed by atoms with E-state index >= 15 is 0 Å². The van der Waals surface area contributed by atoms with E-state index in [0.717, 1.165) is 24.3 Å². The first-order chi connectivity index (χ1) is 12.3. The maximum atomic E-state index is 14.1. The lowest BCUT2D eigenvalue weighted by atomic mass is 9.93. The Balaban J connectivity index is 1.78. The van der Waals surface area contributed by atoms with E-state index in [4.69, 9.17) is 0 Å². The SMILES string of the molecule is O=C(Nc1ccc(F)cc1)NC1C(=O)NCC1c1c(F)cc(O)cc1F. The Kier molecular flexibility index (Phi) is 4.70. The maximum Gasteiger partial charge on any atom is 0.319 e. The average Bonchev–Trinajstić information content (AvgIpc) is 2.90. The fourth-order valence-corrected chi connectivity index (χ4v) is 2.82. The predicted octanol–water partition coefficient (Wildman–Crippen LogP) is 2.21. The third-order valence-corrected chi connectivity index (χ3v) is 4.00. The molecule has 0 aromatic heterocycles. The minimum atomic E-state index is -1.22. The zero-order valence-corrected chi connectivity index (χ0v) is 13.2. The summed E-state index contributed by atoms with van der Waals surface area (Å²) >= 11 is 0. The molecule has 2 atom stereocenters. The van der Waals surface area contributed by atoms with Crippen LogP contribution in [0.1, 0.15) is 11.5 Å². The first-order valence-electron chi connectivity index (χ1n) is 7.64. The first kappa shape index (κ1) is 17.6. The summed E-state index contributed by atoms with van der Waals surface area (Å²) in [5.41, 5.74) is -0.130. The molecule has 0 aliphatic carbocycles. The van der Waals surface area contributed by atoms with Crippen LogP contribution in [0.3, 0.4) is 0 Å². The molecular formula is C17H14F3N3O3. The molecule has 1 heterocycles. The number of halogens is 3. The second kappa shape index (κ2) is 6.95. The van der Waals surface area contributed by atoms with E-state index in [1.807, 2.05) is 0 Å². The van der Waals surface area contributed by atoms with Gasteiger partial charge in [-0.15, -0.1) is 0 Å². The van der Waals surface area contributed by atoms with Crippen molar-refractivity contribution in [1.82, 2.24) is 10.6 Å². The Labute approximate surface area is 146 Å². The smallest absolute Gasteiger partial charge is 0.319 e. The topological polar surface area (TPSA) is 90.5 Å². The summed E-state index contributed by atoms with van der Waals surface area (Å²) < 4.78 is 41.0. The van der Waals surface area contributed by atoms with Crippen molar-refractivity contribution in [3.8, 4) is 5.75 Å². The van der Waals surface area contributed by atoms with Gasteiger partial charge in [-0.1, -0.05) is 0 Å². The Hall–Kier alpha value is -3.23. The van der Waals surface area contributed by atoms with Gasteiger partial charge in [-0.05, 0) is 24.3 Å². The minimum absolute atomic E-state index is 0.0844. The van der Waals surface area contributed by atoms with Crippen LogP contribution in [-0.4, -0.2) is 29.6 Å². The van der Waals surface area contributed by atoms with E-state index in [0.29, 0.717) is 0 Å². The predicted molar refractivity (Wildman–Crippen MR) is 86.1 cm³/mol. The van der Waals surface area contributed by atoms with Gasteiger partial charge in [0.05, 0.1) is 0 Å². The summed E-state index contributed by atoms with van der Waals surface area (Å²) in [6, 6.07) is 4.38. The normalized spacial score (nSPS) is 19.1. The second-order valence-corrected chi connectivity index (χ2v) is 5.76. The molecule has 2 aromatic carbocycles. The standard InChI is InChI=1S/C17H14F3N3O3/c18-8-1-3-9(4-2-8)22-17(26)23-15-11(7-21-16(15)25)14-12(19)5-10(24)6-13(14)20/h1-6,11,15,24H,7H2,(H,21,25)(H2,22,23,26). The molecule has 2 aromatic rings. The molecule has 1 aliphatic heterocycles. The third kappa shape index (κ3) is 3.56. The Morgan fingerprint density at radius 3 is 2.35 bits per heavy atom. The van der Waals surface area contributed by atoms with Gasteiger partial charge in [0.2, 0.25) is 5.91 Å². The number of hydrogen-bond acceptors (Lipinski definition) is 3. The van der Waals surface area contributed by atoms with Crippen LogP contribution in [0.25, 0.3) is 0 Å². The van der Waals surface area contributed by atoms with Gasteiger partial charge in [0.1, 0.15) is 29.2 Å². The fourth-order valence-electron chi connectivity index (χ4n) is 2.82. The number of aromatic hydroxyl groups is 1. The van der Waals surface area contributed by atoms with E-state index in [2.05, 4.69) is 16.0 Å². The summed E-state index contributed by atoms with van der Waals surface area (Å²) in [6.45, 7) is -0.0844. The summed E-state index contributed by atoms with van der Waals surface area (Å²) in [6.07, 6.45) is 0. The number of phenols is 1. The number of benzene rings is 2. The lowest BCUT2D eigenvalue weighted by molar-refractivity contribution is -0.120. The number of nitrogens with one attached hydrogen (secondary N) is 3. The van der Waals surface area contributed by atoms with E-state index < -0.39 is 52.7 Å². The summed E-state index contributed by atoms with van der Waals surface area (Å²) in [7, 11) is 0. The molecule has 0 radical (unpaired) electrons. The highest BCUT2D eigenvalue weighted by Gasteiger charge is 2.39.